The molecule has 2 saturated heterocycles. The Morgan fingerprint density at radius 3 is 2.66 bits per heavy atom. The monoisotopic (exact) mass is 529 g/mol. The van der Waals surface area contributed by atoms with Gasteiger partial charge in [-0.1, -0.05) is 13.8 Å². The number of fused-ring (bicyclic) bond motifs is 1. The summed E-state index contributed by atoms with van der Waals surface area (Å²) in [6.45, 7) is 8.74. The second-order valence-electron chi connectivity index (χ2n) is 13.0. The molecule has 8 nitrogen and oxygen atoms in total. The van der Waals surface area contributed by atoms with Crippen LogP contribution in [0.2, 0.25) is 0 Å². The third kappa shape index (κ3) is 4.67. The van der Waals surface area contributed by atoms with E-state index in [0.29, 0.717) is 43.8 Å². The molecule has 0 radical (unpaired) electrons. The van der Waals surface area contributed by atoms with E-state index in [1.54, 1.807) is 4.52 Å². The highest BCUT2D eigenvalue weighted by atomic mass is 19.3. The van der Waals surface area contributed by atoms with Gasteiger partial charge >= 0.3 is 0 Å². The molecule has 6 rings (SSSR count). The van der Waals surface area contributed by atoms with Gasteiger partial charge in [-0.2, -0.15) is 10.1 Å². The van der Waals surface area contributed by atoms with Crippen molar-refractivity contribution in [2.45, 2.75) is 89.5 Å². The van der Waals surface area contributed by atoms with E-state index < -0.39 is 11.3 Å². The van der Waals surface area contributed by atoms with E-state index in [-0.39, 0.29) is 23.3 Å². The van der Waals surface area contributed by atoms with Crippen molar-refractivity contribution in [2.24, 2.45) is 17.3 Å². The molecule has 208 valence electrons. The molecule has 2 aromatic heterocycles. The molecule has 2 aromatic rings. The summed E-state index contributed by atoms with van der Waals surface area (Å²) in [6.07, 6.45) is 8.04. The largest absolute Gasteiger partial charge is 0.356 e. The zero-order valence-corrected chi connectivity index (χ0v) is 23.1. The maximum Gasteiger partial charge on any atom is 0.252 e. The molecule has 2 aliphatic heterocycles. The lowest BCUT2D eigenvalue weighted by atomic mass is 9.87. The fraction of sp³-hybridized carbons (Fsp3) is 0.786. The molecule has 2 saturated carbocycles. The molecule has 4 aliphatic rings. The number of carbonyl (C=O) groups excluding carboxylic acids is 1. The fourth-order valence-corrected chi connectivity index (χ4v) is 6.62. The van der Waals surface area contributed by atoms with Gasteiger partial charge < -0.3 is 10.2 Å². The van der Waals surface area contributed by atoms with E-state index >= 15 is 0 Å². The first-order valence-corrected chi connectivity index (χ1v) is 14.4. The van der Waals surface area contributed by atoms with Crippen molar-refractivity contribution in [2.75, 3.05) is 38.1 Å². The summed E-state index contributed by atoms with van der Waals surface area (Å²) in [4.78, 5) is 27.4. The number of hydrogen-bond acceptors (Lipinski definition) is 6. The van der Waals surface area contributed by atoms with Crippen molar-refractivity contribution < 1.29 is 13.6 Å². The molecule has 3 atom stereocenters. The molecule has 1 spiro atoms. The van der Waals surface area contributed by atoms with Crippen molar-refractivity contribution in [3.05, 3.63) is 17.6 Å². The Bertz CT molecular complexity index is 1220. The van der Waals surface area contributed by atoms with Crippen molar-refractivity contribution in [3.63, 3.8) is 0 Å². The Balaban J connectivity index is 1.28. The SMILES string of the molecule is CC1CNC(=O)[C@@H](Cc2nn3cc(C(C)CCC4(C(C)(F)F)CC4)nc3nc2N2CCN(C)C3(CC3)C2)C1. The van der Waals surface area contributed by atoms with Crippen LogP contribution in [0.5, 0.6) is 0 Å². The topological polar surface area (TPSA) is 78.7 Å². The molecule has 2 unspecified atom stereocenters. The third-order valence-electron chi connectivity index (χ3n) is 9.98. The molecule has 0 bridgehead atoms. The van der Waals surface area contributed by atoms with Crippen molar-refractivity contribution in [1.82, 2.24) is 29.8 Å². The summed E-state index contributed by atoms with van der Waals surface area (Å²) in [7, 11) is 2.20. The lowest BCUT2D eigenvalue weighted by Crippen LogP contribution is -2.54. The summed E-state index contributed by atoms with van der Waals surface area (Å²) in [5.41, 5.74) is 1.06. The molecule has 38 heavy (non-hydrogen) atoms. The van der Waals surface area contributed by atoms with Crippen LogP contribution in [-0.2, 0) is 11.2 Å². The van der Waals surface area contributed by atoms with Crippen molar-refractivity contribution in [1.29, 1.82) is 0 Å². The fourth-order valence-electron chi connectivity index (χ4n) is 6.62. The molecule has 10 heteroatoms. The minimum absolute atomic E-state index is 0.0357. The lowest BCUT2D eigenvalue weighted by molar-refractivity contribution is -0.127. The van der Waals surface area contributed by atoms with Crippen LogP contribution < -0.4 is 10.2 Å². The highest BCUT2D eigenvalue weighted by Crippen LogP contribution is 2.60. The number of likely N-dealkylation sites (N-methyl/N-ethyl adjacent to an activating group) is 1. The molecule has 2 aliphatic carbocycles. The number of carbonyl (C=O) groups is 1. The Labute approximate surface area is 223 Å². The standard InChI is InChI=1S/C28H41F2N7O/c1-18-13-20(24(38)31-15-18)14-21-23(36-12-11-35(4)28(17-36)9-10-28)33-25-32-22(16-37(25)34-21)19(2)5-6-27(7-8-27)26(3,29)30/h16,18-20H,5-15,17H2,1-4H3,(H,31,38)/t18?,19?,20-/m1/s1. The van der Waals surface area contributed by atoms with Crippen LogP contribution >= 0.6 is 0 Å². The van der Waals surface area contributed by atoms with Crippen molar-refractivity contribution >= 4 is 17.5 Å². The number of imidazole rings is 1. The van der Waals surface area contributed by atoms with Crippen LogP contribution in [-0.4, -0.2) is 75.1 Å². The molecule has 0 aromatic carbocycles. The average molecular weight is 530 g/mol. The smallest absolute Gasteiger partial charge is 0.252 e. The summed E-state index contributed by atoms with van der Waals surface area (Å²) >= 11 is 0. The molecular formula is C28H41F2N7O. The number of anilines is 1. The van der Waals surface area contributed by atoms with Gasteiger partial charge in [0, 0.05) is 55.4 Å². The van der Waals surface area contributed by atoms with Gasteiger partial charge in [-0.25, -0.2) is 18.3 Å². The first kappa shape index (κ1) is 25.9. The first-order chi connectivity index (χ1) is 18.0. The minimum atomic E-state index is -2.64. The second-order valence-corrected chi connectivity index (χ2v) is 13.0. The number of aromatic nitrogens is 4. The number of hydrogen-bond donors (Lipinski definition) is 1. The number of amides is 1. The minimum Gasteiger partial charge on any atom is -0.356 e. The predicted molar refractivity (Wildman–Crippen MR) is 142 cm³/mol. The van der Waals surface area contributed by atoms with Gasteiger partial charge in [0.25, 0.3) is 11.7 Å². The highest BCUT2D eigenvalue weighted by molar-refractivity contribution is 5.79. The van der Waals surface area contributed by atoms with E-state index in [1.165, 1.54) is 12.8 Å². The quantitative estimate of drug-likeness (QED) is 0.556. The van der Waals surface area contributed by atoms with E-state index in [9.17, 15) is 13.6 Å². The third-order valence-corrected chi connectivity index (χ3v) is 9.98. The van der Waals surface area contributed by atoms with Gasteiger partial charge in [-0.05, 0) is 64.8 Å². The molecular weight excluding hydrogens is 488 g/mol. The van der Waals surface area contributed by atoms with E-state index in [0.717, 1.165) is 56.7 Å². The second kappa shape index (κ2) is 9.10. The Morgan fingerprint density at radius 1 is 1.21 bits per heavy atom. The Kier molecular flexibility index (Phi) is 6.20. The van der Waals surface area contributed by atoms with Crippen LogP contribution in [0.3, 0.4) is 0 Å². The summed E-state index contributed by atoms with van der Waals surface area (Å²) in [6, 6.07) is 0. The summed E-state index contributed by atoms with van der Waals surface area (Å²) in [5, 5.41) is 8.04. The number of nitrogens with zero attached hydrogens (tertiary/aromatic N) is 6. The molecule has 1 N–H and O–H groups in total. The van der Waals surface area contributed by atoms with Gasteiger partial charge in [0.2, 0.25) is 5.91 Å². The van der Waals surface area contributed by atoms with E-state index in [2.05, 4.69) is 36.0 Å². The Morgan fingerprint density at radius 2 is 1.97 bits per heavy atom. The molecule has 1 amide bonds. The number of piperidine rings is 1. The average Bonchev–Trinajstić information content (AvgIpc) is 3.78. The van der Waals surface area contributed by atoms with Crippen LogP contribution in [0.15, 0.2) is 6.20 Å². The molecule has 4 heterocycles. The van der Waals surface area contributed by atoms with E-state index in [1.807, 2.05) is 6.20 Å². The number of nitrogens with one attached hydrogen (secondary N) is 1. The number of halogens is 2. The normalized spacial score (nSPS) is 27.5. The highest BCUT2D eigenvalue weighted by Gasteiger charge is 2.58. The van der Waals surface area contributed by atoms with Gasteiger partial charge in [0.1, 0.15) is 5.69 Å². The first-order valence-electron chi connectivity index (χ1n) is 14.4. The van der Waals surface area contributed by atoms with Gasteiger partial charge in [0.15, 0.2) is 5.82 Å². The van der Waals surface area contributed by atoms with Gasteiger partial charge in [0.05, 0.1) is 11.9 Å². The zero-order valence-electron chi connectivity index (χ0n) is 23.1. The molecule has 4 fully saturated rings. The van der Waals surface area contributed by atoms with Gasteiger partial charge in [-0.3, -0.25) is 9.69 Å². The van der Waals surface area contributed by atoms with Crippen LogP contribution in [0, 0.1) is 17.3 Å². The number of alkyl halides is 2. The maximum absolute atomic E-state index is 14.1. The van der Waals surface area contributed by atoms with Crippen LogP contribution in [0.4, 0.5) is 14.6 Å². The zero-order chi connectivity index (χ0) is 26.9. The number of rotatable bonds is 8. The van der Waals surface area contributed by atoms with Gasteiger partial charge in [-0.15, -0.1) is 0 Å². The maximum atomic E-state index is 14.1. The lowest BCUT2D eigenvalue weighted by Gasteiger charge is -2.41. The van der Waals surface area contributed by atoms with Crippen LogP contribution in [0.25, 0.3) is 5.78 Å². The Hall–Kier alpha value is -2.36. The van der Waals surface area contributed by atoms with Crippen LogP contribution in [0.1, 0.15) is 83.0 Å². The summed E-state index contributed by atoms with van der Waals surface area (Å²) in [5.74, 6) is -0.819. The number of piperazine rings is 1. The van der Waals surface area contributed by atoms with Crippen molar-refractivity contribution in [3.8, 4) is 0 Å². The predicted octanol–water partition coefficient (Wildman–Crippen LogP) is 4.04. The van der Waals surface area contributed by atoms with E-state index in [4.69, 9.17) is 15.1 Å². The summed E-state index contributed by atoms with van der Waals surface area (Å²) < 4.78 is 29.9.